The van der Waals surface area contributed by atoms with Crippen molar-refractivity contribution in [2.75, 3.05) is 0 Å². The number of imidazole rings is 1. The van der Waals surface area contributed by atoms with E-state index < -0.39 is 0 Å². The second-order valence-electron chi connectivity index (χ2n) is 4.51. The molecule has 1 atom stereocenters. The van der Waals surface area contributed by atoms with Gasteiger partial charge in [0.2, 0.25) is 0 Å². The second kappa shape index (κ2) is 4.16. The van der Waals surface area contributed by atoms with E-state index in [1.807, 2.05) is 6.33 Å². The van der Waals surface area contributed by atoms with Gasteiger partial charge >= 0.3 is 0 Å². The predicted octanol–water partition coefficient (Wildman–Crippen LogP) is 2.81. The molecule has 78 valence electrons. The highest BCUT2D eigenvalue weighted by Gasteiger charge is 2.15. The maximum atomic E-state index is 4.51. The van der Waals surface area contributed by atoms with Crippen molar-refractivity contribution in [1.29, 1.82) is 0 Å². The first-order chi connectivity index (χ1) is 6.81. The van der Waals surface area contributed by atoms with E-state index in [1.165, 1.54) is 43.5 Å². The summed E-state index contributed by atoms with van der Waals surface area (Å²) in [6.45, 7) is 5.72. The van der Waals surface area contributed by atoms with E-state index in [9.17, 15) is 0 Å². The van der Waals surface area contributed by atoms with Crippen molar-refractivity contribution in [2.45, 2.75) is 52.5 Å². The molecular formula is C12H20N2. The van der Waals surface area contributed by atoms with E-state index in [4.69, 9.17) is 0 Å². The summed E-state index contributed by atoms with van der Waals surface area (Å²) in [5.41, 5.74) is 2.87. The monoisotopic (exact) mass is 192 g/mol. The van der Waals surface area contributed by atoms with Crippen molar-refractivity contribution >= 4 is 0 Å². The summed E-state index contributed by atoms with van der Waals surface area (Å²) in [6.07, 6.45) is 8.41. The largest absolute Gasteiger partial charge is 0.334 e. The second-order valence-corrected chi connectivity index (χ2v) is 4.51. The van der Waals surface area contributed by atoms with Crippen LogP contribution in [0.4, 0.5) is 0 Å². The van der Waals surface area contributed by atoms with E-state index in [-0.39, 0.29) is 0 Å². The molecule has 2 rings (SSSR count). The van der Waals surface area contributed by atoms with Crippen LogP contribution in [0.25, 0.3) is 0 Å². The Kier molecular flexibility index (Phi) is 2.90. The van der Waals surface area contributed by atoms with Crippen molar-refractivity contribution in [3.63, 3.8) is 0 Å². The number of nitrogens with zero attached hydrogens (tertiary/aromatic N) is 2. The number of aryl methyl sites for hydroxylation is 1. The van der Waals surface area contributed by atoms with E-state index in [0.29, 0.717) is 0 Å². The fourth-order valence-electron chi connectivity index (χ4n) is 2.15. The van der Waals surface area contributed by atoms with E-state index in [1.54, 1.807) is 0 Å². The minimum absolute atomic E-state index is 0.773. The molecular weight excluding hydrogens is 172 g/mol. The Balaban J connectivity index is 2.14. The first-order valence-electron chi connectivity index (χ1n) is 5.84. The average molecular weight is 192 g/mol. The predicted molar refractivity (Wildman–Crippen MR) is 58.3 cm³/mol. The van der Waals surface area contributed by atoms with Crippen LogP contribution in [-0.2, 0) is 19.4 Å². The Bertz CT molecular complexity index is 301. The van der Waals surface area contributed by atoms with Gasteiger partial charge in [0.25, 0.3) is 0 Å². The number of fused-ring (bicyclic) bond motifs is 1. The van der Waals surface area contributed by atoms with Gasteiger partial charge in [-0.3, -0.25) is 0 Å². The lowest BCUT2D eigenvalue weighted by atomic mass is 10.0. The molecule has 0 aliphatic heterocycles. The highest BCUT2D eigenvalue weighted by Crippen LogP contribution is 2.21. The molecule has 1 unspecified atom stereocenters. The zero-order chi connectivity index (χ0) is 9.97. The van der Waals surface area contributed by atoms with E-state index in [0.717, 1.165) is 12.5 Å². The fraction of sp³-hybridized carbons (Fsp3) is 0.750. The maximum absolute atomic E-state index is 4.51. The molecule has 0 fully saturated rings. The van der Waals surface area contributed by atoms with Crippen LogP contribution in [-0.4, -0.2) is 9.55 Å². The summed E-state index contributed by atoms with van der Waals surface area (Å²) in [4.78, 5) is 4.51. The summed E-state index contributed by atoms with van der Waals surface area (Å²) in [7, 11) is 0. The third-order valence-corrected chi connectivity index (χ3v) is 3.32. The molecule has 0 radical (unpaired) electrons. The molecule has 2 nitrogen and oxygen atoms in total. The minimum Gasteiger partial charge on any atom is -0.334 e. The third kappa shape index (κ3) is 1.84. The Hall–Kier alpha value is -0.790. The molecule has 14 heavy (non-hydrogen) atoms. The summed E-state index contributed by atoms with van der Waals surface area (Å²) in [6, 6.07) is 0. The zero-order valence-corrected chi connectivity index (χ0v) is 9.29. The van der Waals surface area contributed by atoms with Gasteiger partial charge in [-0.25, -0.2) is 4.98 Å². The van der Waals surface area contributed by atoms with Gasteiger partial charge in [0, 0.05) is 12.2 Å². The fourth-order valence-corrected chi connectivity index (χ4v) is 2.15. The third-order valence-electron chi connectivity index (χ3n) is 3.32. The first-order valence-corrected chi connectivity index (χ1v) is 5.84. The summed E-state index contributed by atoms with van der Waals surface area (Å²) >= 11 is 0. The lowest BCUT2D eigenvalue weighted by molar-refractivity contribution is 0.454. The molecule has 1 aliphatic carbocycles. The number of hydrogen-bond acceptors (Lipinski definition) is 1. The van der Waals surface area contributed by atoms with Crippen LogP contribution in [0.5, 0.6) is 0 Å². The van der Waals surface area contributed by atoms with E-state index >= 15 is 0 Å². The quantitative estimate of drug-likeness (QED) is 0.720. The highest BCUT2D eigenvalue weighted by molar-refractivity contribution is 5.16. The SMILES string of the molecule is CCC(C)Cn1cnc2c1CCCC2. The van der Waals surface area contributed by atoms with Crippen molar-refractivity contribution in [3.8, 4) is 0 Å². The molecule has 0 N–H and O–H groups in total. The van der Waals surface area contributed by atoms with Crippen LogP contribution in [0, 0.1) is 5.92 Å². The molecule has 0 amide bonds. The molecule has 2 heteroatoms. The van der Waals surface area contributed by atoms with Gasteiger partial charge in [-0.1, -0.05) is 20.3 Å². The van der Waals surface area contributed by atoms with Crippen LogP contribution < -0.4 is 0 Å². The van der Waals surface area contributed by atoms with Crippen LogP contribution in [0.2, 0.25) is 0 Å². The van der Waals surface area contributed by atoms with Gasteiger partial charge in [-0.2, -0.15) is 0 Å². The van der Waals surface area contributed by atoms with Gasteiger partial charge in [0.1, 0.15) is 0 Å². The van der Waals surface area contributed by atoms with Crippen LogP contribution >= 0.6 is 0 Å². The Labute approximate surface area is 86.3 Å². The number of hydrogen-bond donors (Lipinski definition) is 0. The molecule has 1 heterocycles. The zero-order valence-electron chi connectivity index (χ0n) is 9.29. The topological polar surface area (TPSA) is 17.8 Å². The summed E-state index contributed by atoms with van der Waals surface area (Å²) in [5, 5.41) is 0. The van der Waals surface area contributed by atoms with E-state index in [2.05, 4.69) is 23.4 Å². The lowest BCUT2D eigenvalue weighted by Crippen LogP contribution is -2.12. The average Bonchev–Trinajstić information content (AvgIpc) is 2.62. The Morgan fingerprint density at radius 2 is 2.21 bits per heavy atom. The molecule has 0 saturated carbocycles. The minimum atomic E-state index is 0.773. The standard InChI is InChI=1S/C12H20N2/c1-3-10(2)8-14-9-13-11-6-4-5-7-12(11)14/h9-10H,3-8H2,1-2H3. The van der Waals surface area contributed by atoms with Crippen molar-refractivity contribution in [3.05, 3.63) is 17.7 Å². The van der Waals surface area contributed by atoms with Gasteiger partial charge in [0.05, 0.1) is 12.0 Å². The highest BCUT2D eigenvalue weighted by atomic mass is 15.1. The van der Waals surface area contributed by atoms with Crippen LogP contribution in [0.1, 0.15) is 44.5 Å². The Morgan fingerprint density at radius 3 is 3.00 bits per heavy atom. The molecule has 0 bridgehead atoms. The van der Waals surface area contributed by atoms with Crippen molar-refractivity contribution in [1.82, 2.24) is 9.55 Å². The normalized spacial score (nSPS) is 17.9. The van der Waals surface area contributed by atoms with Gasteiger partial charge < -0.3 is 4.57 Å². The van der Waals surface area contributed by atoms with Gasteiger partial charge in [0.15, 0.2) is 0 Å². The summed E-state index contributed by atoms with van der Waals surface area (Å²) < 4.78 is 2.38. The maximum Gasteiger partial charge on any atom is 0.0951 e. The Morgan fingerprint density at radius 1 is 1.43 bits per heavy atom. The molecule has 1 aliphatic rings. The summed E-state index contributed by atoms with van der Waals surface area (Å²) in [5.74, 6) is 0.773. The number of aromatic nitrogens is 2. The lowest BCUT2D eigenvalue weighted by Gasteiger charge is -2.16. The van der Waals surface area contributed by atoms with Crippen molar-refractivity contribution in [2.24, 2.45) is 5.92 Å². The van der Waals surface area contributed by atoms with Gasteiger partial charge in [-0.05, 0) is 31.6 Å². The molecule has 1 aromatic rings. The van der Waals surface area contributed by atoms with Crippen LogP contribution in [0.15, 0.2) is 6.33 Å². The van der Waals surface area contributed by atoms with Crippen LogP contribution in [0.3, 0.4) is 0 Å². The molecule has 1 aromatic heterocycles. The molecule has 0 spiro atoms. The number of rotatable bonds is 3. The smallest absolute Gasteiger partial charge is 0.0951 e. The molecule has 0 aromatic carbocycles. The first kappa shape index (κ1) is 9.75. The van der Waals surface area contributed by atoms with Gasteiger partial charge in [-0.15, -0.1) is 0 Å². The molecule has 0 saturated heterocycles. The van der Waals surface area contributed by atoms with Crippen molar-refractivity contribution < 1.29 is 0 Å².